The van der Waals surface area contributed by atoms with Crippen LogP contribution in [0.25, 0.3) is 21.5 Å². The number of benzene rings is 4. The molecule has 6 rings (SSSR count). The van der Waals surface area contributed by atoms with E-state index in [4.69, 9.17) is 0 Å². The van der Waals surface area contributed by atoms with Crippen molar-refractivity contribution in [3.8, 4) is 0 Å². The Morgan fingerprint density at radius 1 is 0.766 bits per heavy atom. The van der Waals surface area contributed by atoms with Gasteiger partial charge in [0.25, 0.3) is 0 Å². The quantitative estimate of drug-likeness (QED) is 0.105. The van der Waals surface area contributed by atoms with Crippen molar-refractivity contribution >= 4 is 44.6 Å². The number of carboxylic acid groups (broad SMARTS) is 1. The zero-order chi connectivity index (χ0) is 33.3. The van der Waals surface area contributed by atoms with Crippen LogP contribution in [0.1, 0.15) is 51.7 Å². The van der Waals surface area contributed by atoms with Crippen LogP contribution in [0.2, 0.25) is 0 Å². The summed E-state index contributed by atoms with van der Waals surface area (Å²) in [5, 5.41) is 24.3. The highest BCUT2D eigenvalue weighted by molar-refractivity contribution is 6.07. The van der Waals surface area contributed by atoms with Crippen LogP contribution in [-0.4, -0.2) is 39.6 Å². The van der Waals surface area contributed by atoms with Gasteiger partial charge in [0.1, 0.15) is 6.42 Å². The summed E-state index contributed by atoms with van der Waals surface area (Å²) < 4.78 is 2.17. The van der Waals surface area contributed by atoms with Gasteiger partial charge in [-0.05, 0) is 59.2 Å². The average molecular weight is 624 g/mol. The molecule has 0 aromatic heterocycles. The Morgan fingerprint density at radius 2 is 1.38 bits per heavy atom. The standard InChI is InChI=1S/C42H42N2O3/c1-29(45)25-27-43-34-23-21-30-15-11-13-17-32(30)39(34)41(2,3)36(43)19-9-7-6-8-10-20-37-42(4,5)40-33-18-14-12-16-31(33)22-24-35(40)44(37)28-26-38(46)47/h6-24H,1,25-28H2,2-5H3,(H-,45,46,47)/p+1. The van der Waals surface area contributed by atoms with E-state index < -0.39 is 5.97 Å². The number of aliphatic carboxylic acids is 1. The number of nitrogens with zero attached hydrogens (tertiary/aromatic N) is 2. The van der Waals surface area contributed by atoms with E-state index in [0.717, 1.165) is 11.4 Å². The molecule has 5 heteroatoms. The molecule has 238 valence electrons. The summed E-state index contributed by atoms with van der Waals surface area (Å²) in [7, 11) is 0. The maximum absolute atomic E-state index is 11.6. The molecule has 0 unspecified atom stereocenters. The molecule has 2 aliphatic heterocycles. The van der Waals surface area contributed by atoms with Crippen molar-refractivity contribution in [3.63, 3.8) is 0 Å². The normalized spacial score (nSPS) is 17.6. The molecule has 2 N–H and O–H groups in total. The average Bonchev–Trinajstić information content (AvgIpc) is 3.40. The van der Waals surface area contributed by atoms with Crippen molar-refractivity contribution in [2.45, 2.75) is 51.4 Å². The second-order valence-corrected chi connectivity index (χ2v) is 13.4. The van der Waals surface area contributed by atoms with Crippen LogP contribution in [0.4, 0.5) is 11.4 Å². The fourth-order valence-corrected chi connectivity index (χ4v) is 7.49. The topological polar surface area (TPSA) is 63.8 Å². The summed E-state index contributed by atoms with van der Waals surface area (Å²) in [5.41, 5.74) is 6.51. The van der Waals surface area contributed by atoms with E-state index in [0.29, 0.717) is 19.5 Å². The van der Waals surface area contributed by atoms with Crippen molar-refractivity contribution in [3.05, 3.63) is 144 Å². The minimum atomic E-state index is -0.805. The molecule has 0 radical (unpaired) electrons. The molecule has 0 saturated carbocycles. The van der Waals surface area contributed by atoms with Gasteiger partial charge in [-0.15, -0.1) is 0 Å². The number of anilines is 1. The molecule has 5 nitrogen and oxygen atoms in total. The van der Waals surface area contributed by atoms with Gasteiger partial charge in [0.05, 0.1) is 11.2 Å². The third-order valence-corrected chi connectivity index (χ3v) is 9.63. The first kappa shape index (κ1) is 31.8. The number of aliphatic hydroxyl groups is 1. The molecule has 2 heterocycles. The second kappa shape index (κ2) is 12.6. The Kier molecular flexibility index (Phi) is 8.50. The van der Waals surface area contributed by atoms with Gasteiger partial charge in [0.2, 0.25) is 5.69 Å². The highest BCUT2D eigenvalue weighted by Crippen LogP contribution is 2.51. The van der Waals surface area contributed by atoms with Crippen LogP contribution in [0.15, 0.2) is 133 Å². The van der Waals surface area contributed by atoms with Crippen LogP contribution in [0, 0.1) is 0 Å². The monoisotopic (exact) mass is 623 g/mol. The molecule has 0 atom stereocenters. The molecule has 0 bridgehead atoms. The van der Waals surface area contributed by atoms with Gasteiger partial charge >= 0.3 is 5.97 Å². The summed E-state index contributed by atoms with van der Waals surface area (Å²) in [6.45, 7) is 13.7. The SMILES string of the molecule is C=C(O)CCN1/C(=C/C=C/C=C/C=C/C2=[N+](CCC(=O)O)c3ccc4ccccc4c3C2(C)C)C(C)(C)c2c1ccc1ccccc21. The molecule has 47 heavy (non-hydrogen) atoms. The summed E-state index contributed by atoms with van der Waals surface area (Å²) in [6.07, 6.45) is 15.0. The lowest BCUT2D eigenvalue weighted by atomic mass is 9.79. The number of hydrogen-bond acceptors (Lipinski definition) is 3. The fraction of sp³-hybridized carbons (Fsp3) is 0.238. The van der Waals surface area contributed by atoms with E-state index in [1.165, 1.54) is 44.1 Å². The molecule has 0 aliphatic carbocycles. The first-order valence-corrected chi connectivity index (χ1v) is 16.3. The van der Waals surface area contributed by atoms with Gasteiger partial charge < -0.3 is 15.1 Å². The Morgan fingerprint density at radius 3 is 2.06 bits per heavy atom. The van der Waals surface area contributed by atoms with E-state index in [1.54, 1.807) is 0 Å². The molecular weight excluding hydrogens is 580 g/mol. The smallest absolute Gasteiger partial charge is 0.309 e. The molecule has 0 amide bonds. The number of fused-ring (bicyclic) bond motifs is 6. The zero-order valence-electron chi connectivity index (χ0n) is 27.7. The van der Waals surface area contributed by atoms with Crippen LogP contribution >= 0.6 is 0 Å². The highest BCUT2D eigenvalue weighted by atomic mass is 16.4. The van der Waals surface area contributed by atoms with Crippen LogP contribution in [-0.2, 0) is 15.6 Å². The largest absolute Gasteiger partial charge is 0.513 e. The van der Waals surface area contributed by atoms with Crippen LogP contribution in [0.5, 0.6) is 0 Å². The number of allylic oxidation sites excluding steroid dienone is 8. The molecule has 0 fully saturated rings. The first-order chi connectivity index (χ1) is 22.5. The summed E-state index contributed by atoms with van der Waals surface area (Å²) >= 11 is 0. The molecule has 4 aromatic carbocycles. The van der Waals surface area contributed by atoms with Gasteiger partial charge in [0.15, 0.2) is 12.3 Å². The zero-order valence-corrected chi connectivity index (χ0v) is 27.7. The Hall–Kier alpha value is -5.16. The third-order valence-electron chi connectivity index (χ3n) is 9.63. The molecule has 2 aliphatic rings. The summed E-state index contributed by atoms with van der Waals surface area (Å²) in [5.74, 6) is -0.621. The lowest BCUT2D eigenvalue weighted by molar-refractivity contribution is -0.436. The molecule has 0 spiro atoms. The molecule has 4 aromatic rings. The van der Waals surface area contributed by atoms with Gasteiger partial charge in [-0.3, -0.25) is 4.79 Å². The van der Waals surface area contributed by atoms with E-state index in [2.05, 4.69) is 135 Å². The minimum absolute atomic E-state index is 0.0619. The lowest BCUT2D eigenvalue weighted by Gasteiger charge is -2.27. The van der Waals surface area contributed by atoms with Crippen molar-refractivity contribution in [1.29, 1.82) is 0 Å². The first-order valence-electron chi connectivity index (χ1n) is 16.3. The Bertz CT molecular complexity index is 2060. The maximum Gasteiger partial charge on any atom is 0.309 e. The second-order valence-electron chi connectivity index (χ2n) is 13.4. The van der Waals surface area contributed by atoms with Gasteiger partial charge in [0, 0.05) is 47.5 Å². The van der Waals surface area contributed by atoms with E-state index in [9.17, 15) is 15.0 Å². The molecular formula is C42H43N2O3+. The fourth-order valence-electron chi connectivity index (χ4n) is 7.49. The van der Waals surface area contributed by atoms with Crippen molar-refractivity contribution in [1.82, 2.24) is 0 Å². The van der Waals surface area contributed by atoms with Gasteiger partial charge in [-0.1, -0.05) is 105 Å². The number of aliphatic hydroxyl groups excluding tert-OH is 1. The summed E-state index contributed by atoms with van der Waals surface area (Å²) in [6, 6.07) is 25.5. The maximum atomic E-state index is 11.6. The number of carboxylic acids is 1. The van der Waals surface area contributed by atoms with Crippen molar-refractivity contribution < 1.29 is 19.6 Å². The van der Waals surface area contributed by atoms with Gasteiger partial charge in [-0.25, -0.2) is 0 Å². The number of carbonyl (C=O) groups is 1. The number of hydrogen-bond donors (Lipinski definition) is 2. The summed E-state index contributed by atoms with van der Waals surface area (Å²) in [4.78, 5) is 13.9. The highest BCUT2D eigenvalue weighted by Gasteiger charge is 2.45. The van der Waals surface area contributed by atoms with E-state index >= 15 is 0 Å². The third kappa shape index (κ3) is 5.83. The lowest BCUT2D eigenvalue weighted by Crippen LogP contribution is -2.28. The van der Waals surface area contributed by atoms with Crippen LogP contribution < -0.4 is 4.90 Å². The molecule has 0 saturated heterocycles. The predicted octanol–water partition coefficient (Wildman–Crippen LogP) is 9.66. The minimum Gasteiger partial charge on any atom is -0.513 e. The van der Waals surface area contributed by atoms with Crippen molar-refractivity contribution in [2.24, 2.45) is 0 Å². The number of rotatable bonds is 10. The van der Waals surface area contributed by atoms with Crippen LogP contribution in [0.3, 0.4) is 0 Å². The predicted molar refractivity (Wildman–Crippen MR) is 195 cm³/mol. The van der Waals surface area contributed by atoms with Crippen molar-refractivity contribution in [2.75, 3.05) is 18.0 Å². The Balaban J connectivity index is 1.28. The van der Waals surface area contributed by atoms with E-state index in [1.807, 2.05) is 24.3 Å². The Labute approximate surface area is 277 Å². The van der Waals surface area contributed by atoms with E-state index in [-0.39, 0.29) is 23.0 Å². The van der Waals surface area contributed by atoms with Gasteiger partial charge in [-0.2, -0.15) is 4.58 Å².